The molecule has 1 aliphatic heterocycles. The SMILES string of the molecule is [2H]c1c([2H])c2c(c([2H])c1Cc1c3c([2H])c([2H])c([2H])c([2H])c3c([2H])c3c1c([2H])c([2H])c1c([2H])c([2H])c([2H])c([2H])c13)-c1c([2H])c([2H])c([2H])c3c([2H])c([2H])c([2H])c(c13)S2. The average Bonchev–Trinajstić information content (AvgIpc) is 3.17. The van der Waals surface area contributed by atoms with Crippen molar-refractivity contribution in [3.8, 4) is 11.1 Å². The molecule has 0 saturated heterocycles. The first kappa shape index (κ1) is 8.80. The number of hydrogen-bond donors (Lipinski definition) is 0. The molecule has 36 heavy (non-hydrogen) atoms. The summed E-state index contributed by atoms with van der Waals surface area (Å²) in [5.74, 6) is 0. The van der Waals surface area contributed by atoms with Gasteiger partial charge < -0.3 is 0 Å². The van der Waals surface area contributed by atoms with Gasteiger partial charge in [-0.1, -0.05) is 108 Å². The summed E-state index contributed by atoms with van der Waals surface area (Å²) in [6.45, 7) is 0. The molecule has 0 spiro atoms. The zero-order valence-electron chi connectivity index (χ0n) is 38.1. The Kier molecular flexibility index (Phi) is 1.88. The minimum absolute atomic E-state index is 0.00262. The topological polar surface area (TPSA) is 0 Å². The van der Waals surface area contributed by atoms with E-state index in [1.165, 1.54) is 0 Å². The fraction of sp³-hybridized carbons (Fsp3) is 0.0286. The monoisotopic (exact) mass is 494 g/mol. The van der Waals surface area contributed by atoms with Crippen LogP contribution in [-0.4, -0.2) is 0 Å². The number of hydrogen-bond acceptors (Lipinski definition) is 1. The van der Waals surface area contributed by atoms with Gasteiger partial charge in [-0.05, 0) is 90.5 Å². The van der Waals surface area contributed by atoms with Gasteiger partial charge in [0.1, 0.15) is 0 Å². The van der Waals surface area contributed by atoms with Crippen molar-refractivity contribution in [1.29, 1.82) is 0 Å². The molecule has 0 nitrogen and oxygen atoms in total. The summed E-state index contributed by atoms with van der Waals surface area (Å²) in [5.41, 5.74) is -0.815. The van der Waals surface area contributed by atoms with Crippen molar-refractivity contribution in [3.05, 3.63) is 132 Å². The molecule has 0 amide bonds. The highest BCUT2D eigenvalue weighted by molar-refractivity contribution is 7.99. The van der Waals surface area contributed by atoms with Crippen molar-refractivity contribution < 1.29 is 27.4 Å². The van der Waals surface area contributed by atoms with Crippen molar-refractivity contribution in [2.24, 2.45) is 0 Å². The smallest absolute Gasteiger partial charge is 0.0636 e. The summed E-state index contributed by atoms with van der Waals surface area (Å²) in [5, 5.41) is -2.34. The molecule has 0 unspecified atom stereocenters. The number of fused-ring (bicyclic) bond motifs is 6. The van der Waals surface area contributed by atoms with Gasteiger partial charge in [0.25, 0.3) is 0 Å². The summed E-state index contributed by atoms with van der Waals surface area (Å²) in [4.78, 5) is -0.0774. The molecular formula is C35H22S. The molecule has 1 heterocycles. The van der Waals surface area contributed by atoms with E-state index in [-0.39, 0.29) is 64.4 Å². The molecule has 0 radical (unpaired) electrons. The normalized spacial score (nSPS) is 20.2. The fourth-order valence-electron chi connectivity index (χ4n) is 4.57. The minimum atomic E-state index is -0.731. The van der Waals surface area contributed by atoms with Crippen LogP contribution in [-0.2, 0) is 6.42 Å². The van der Waals surface area contributed by atoms with Gasteiger partial charge in [0, 0.05) is 15.2 Å². The number of rotatable bonds is 2. The predicted octanol–water partition coefficient (Wildman–Crippen LogP) is 10.0. The summed E-state index contributed by atoms with van der Waals surface area (Å²) in [7, 11) is 0. The van der Waals surface area contributed by atoms with Gasteiger partial charge in [-0.25, -0.2) is 0 Å². The lowest BCUT2D eigenvalue weighted by Gasteiger charge is -2.21. The lowest BCUT2D eigenvalue weighted by molar-refractivity contribution is 1.21. The molecule has 0 atom stereocenters. The second kappa shape index (κ2) is 7.71. The van der Waals surface area contributed by atoms with Crippen LogP contribution in [0.25, 0.3) is 54.2 Å². The maximum absolute atomic E-state index is 9.55. The van der Waals surface area contributed by atoms with E-state index >= 15 is 0 Å². The van der Waals surface area contributed by atoms with Crippen LogP contribution in [0.1, 0.15) is 38.5 Å². The first-order valence-electron chi connectivity index (χ1n) is 20.9. The first-order valence-corrected chi connectivity index (χ1v) is 11.7. The summed E-state index contributed by atoms with van der Waals surface area (Å²) < 4.78 is 176. The van der Waals surface area contributed by atoms with Crippen LogP contribution in [0.15, 0.2) is 131 Å². The molecule has 7 aromatic carbocycles. The standard InChI is InChI=1S/C35H22S/c1-3-11-26-23(7-1)16-17-28-30(27-12-4-2-8-25(27)21-31(26)28)19-22-15-18-33-32(20-22)29-13-5-9-24-10-6-14-34(36-33)35(24)29/h1-18,20-21H,19H2/i1D,2D,3D,4D,5D,6D,7D,8D,9D,10D,11D,12D,13D,14D,15D,16D,17D,18D,20D,21D. The van der Waals surface area contributed by atoms with Crippen molar-refractivity contribution in [2.45, 2.75) is 16.2 Å². The van der Waals surface area contributed by atoms with Gasteiger partial charge in [-0.3, -0.25) is 0 Å². The van der Waals surface area contributed by atoms with E-state index in [2.05, 4.69) is 0 Å². The number of benzene rings is 7. The van der Waals surface area contributed by atoms with E-state index in [9.17, 15) is 4.11 Å². The molecule has 8 rings (SSSR count). The van der Waals surface area contributed by atoms with Crippen molar-refractivity contribution in [3.63, 3.8) is 0 Å². The highest BCUT2D eigenvalue weighted by Gasteiger charge is 2.19. The molecule has 0 bridgehead atoms. The van der Waals surface area contributed by atoms with E-state index in [1.807, 2.05) is 0 Å². The largest absolute Gasteiger partial charge is 0.0888 e. The molecule has 0 N–H and O–H groups in total. The Morgan fingerprint density at radius 2 is 1.28 bits per heavy atom. The maximum Gasteiger partial charge on any atom is 0.0636 e. The van der Waals surface area contributed by atoms with Crippen molar-refractivity contribution in [1.82, 2.24) is 0 Å². The Morgan fingerprint density at radius 1 is 0.500 bits per heavy atom. The van der Waals surface area contributed by atoms with Crippen LogP contribution in [0.2, 0.25) is 0 Å². The second-order valence-corrected chi connectivity index (χ2v) is 9.16. The van der Waals surface area contributed by atoms with Crippen LogP contribution < -0.4 is 0 Å². The molecule has 7 aromatic rings. The van der Waals surface area contributed by atoms with E-state index in [0.717, 1.165) is 11.8 Å². The van der Waals surface area contributed by atoms with Gasteiger partial charge in [-0.15, -0.1) is 0 Å². The highest BCUT2D eigenvalue weighted by Crippen LogP contribution is 2.48. The van der Waals surface area contributed by atoms with E-state index < -0.39 is 138 Å². The van der Waals surface area contributed by atoms with E-state index in [1.54, 1.807) is 0 Å². The predicted molar refractivity (Wildman–Crippen MR) is 155 cm³/mol. The second-order valence-electron chi connectivity index (χ2n) is 8.14. The molecule has 0 saturated carbocycles. The third-order valence-electron chi connectivity index (χ3n) is 6.14. The quantitative estimate of drug-likeness (QED) is 0.170. The van der Waals surface area contributed by atoms with Crippen LogP contribution in [0, 0.1) is 0 Å². The van der Waals surface area contributed by atoms with Crippen LogP contribution in [0.5, 0.6) is 0 Å². The minimum Gasteiger partial charge on any atom is -0.0888 e. The zero-order chi connectivity index (χ0) is 41.0. The Balaban J connectivity index is 1.59. The van der Waals surface area contributed by atoms with Gasteiger partial charge in [0.05, 0.1) is 27.4 Å². The first-order chi connectivity index (χ1) is 26.2. The fourth-order valence-corrected chi connectivity index (χ4v) is 5.54. The molecule has 1 aliphatic rings. The zero-order valence-corrected chi connectivity index (χ0v) is 18.9. The summed E-state index contributed by atoms with van der Waals surface area (Å²) in [6, 6.07) is -12.5. The molecular weight excluding hydrogens is 452 g/mol. The Labute approximate surface area is 242 Å². The molecule has 0 aromatic heterocycles. The van der Waals surface area contributed by atoms with Crippen LogP contribution in [0.3, 0.4) is 0 Å². The lowest BCUT2D eigenvalue weighted by Crippen LogP contribution is -1.97. The molecule has 0 aliphatic carbocycles. The highest BCUT2D eigenvalue weighted by atomic mass is 32.2. The summed E-state index contributed by atoms with van der Waals surface area (Å²) >= 11 is 0.746. The van der Waals surface area contributed by atoms with E-state index in [0.29, 0.717) is 0 Å². The van der Waals surface area contributed by atoms with E-state index in [4.69, 9.17) is 23.3 Å². The van der Waals surface area contributed by atoms with Gasteiger partial charge >= 0.3 is 0 Å². The van der Waals surface area contributed by atoms with Crippen molar-refractivity contribution in [2.75, 3.05) is 0 Å². The Morgan fingerprint density at radius 3 is 2.19 bits per heavy atom. The molecule has 0 fully saturated rings. The van der Waals surface area contributed by atoms with Gasteiger partial charge in [-0.2, -0.15) is 0 Å². The van der Waals surface area contributed by atoms with Crippen LogP contribution >= 0.6 is 11.8 Å². The van der Waals surface area contributed by atoms with Gasteiger partial charge in [0.15, 0.2) is 0 Å². The van der Waals surface area contributed by atoms with Gasteiger partial charge in [0.2, 0.25) is 0 Å². The third kappa shape index (κ3) is 2.96. The molecule has 168 valence electrons. The average molecular weight is 495 g/mol. The maximum atomic E-state index is 9.55. The lowest BCUT2D eigenvalue weighted by atomic mass is 9.89. The summed E-state index contributed by atoms with van der Waals surface area (Å²) in [6.07, 6.45) is -0.661. The molecule has 1 heteroatoms. The van der Waals surface area contributed by atoms with Crippen molar-refractivity contribution >= 4 is 54.9 Å². The third-order valence-corrected chi connectivity index (χ3v) is 7.16. The Bertz CT molecular complexity index is 3070. The van der Waals surface area contributed by atoms with Crippen LogP contribution in [0.4, 0.5) is 0 Å². The Hall–Kier alpha value is -4.07.